The Kier molecular flexibility index (Phi) is 7.74. The minimum atomic E-state index is -0.866. The highest BCUT2D eigenvalue weighted by molar-refractivity contribution is 6.14. The molecule has 33 heavy (non-hydrogen) atoms. The van der Waals surface area contributed by atoms with Gasteiger partial charge in [0.25, 0.3) is 5.91 Å². The van der Waals surface area contributed by atoms with Crippen molar-refractivity contribution < 1.29 is 33.6 Å². The molecule has 0 aliphatic carbocycles. The van der Waals surface area contributed by atoms with Crippen LogP contribution in [0.5, 0.6) is 17.2 Å². The predicted molar refractivity (Wildman–Crippen MR) is 123 cm³/mol. The molecule has 1 aliphatic heterocycles. The van der Waals surface area contributed by atoms with Gasteiger partial charge in [-0.1, -0.05) is 36.4 Å². The van der Waals surface area contributed by atoms with Crippen LogP contribution in [0.2, 0.25) is 0 Å². The average Bonchev–Trinajstić information content (AvgIpc) is 3.10. The number of benzene rings is 2. The number of nitrogens with zero attached hydrogens (tertiary/aromatic N) is 1. The van der Waals surface area contributed by atoms with E-state index in [2.05, 4.69) is 0 Å². The summed E-state index contributed by atoms with van der Waals surface area (Å²) in [5.74, 6) is -0.618. The van der Waals surface area contributed by atoms with Crippen molar-refractivity contribution in [2.24, 2.45) is 0 Å². The lowest BCUT2D eigenvalue weighted by Gasteiger charge is -2.27. The zero-order valence-corrected chi connectivity index (χ0v) is 19.0. The molecule has 1 unspecified atom stereocenters. The topological polar surface area (TPSA) is 94.5 Å². The molecule has 0 fully saturated rings. The fourth-order valence-electron chi connectivity index (χ4n) is 3.76. The monoisotopic (exact) mass is 453 g/mol. The van der Waals surface area contributed by atoms with Crippen molar-refractivity contribution >= 4 is 17.8 Å². The van der Waals surface area contributed by atoms with Crippen LogP contribution in [0.1, 0.15) is 17.2 Å². The normalized spacial score (nSPS) is 15.9. The lowest BCUT2D eigenvalue weighted by Crippen LogP contribution is -2.33. The van der Waals surface area contributed by atoms with Gasteiger partial charge in [0.1, 0.15) is 0 Å². The number of ketones is 1. The summed E-state index contributed by atoms with van der Waals surface area (Å²) in [6.45, 7) is 0.390. The maximum Gasteiger partial charge on any atom is 0.290 e. The van der Waals surface area contributed by atoms with Gasteiger partial charge in [0.2, 0.25) is 5.75 Å². The molecule has 0 aromatic heterocycles. The van der Waals surface area contributed by atoms with Gasteiger partial charge in [-0.15, -0.1) is 0 Å². The number of allylic oxidation sites excluding steroid dienone is 1. The molecule has 1 aliphatic rings. The lowest BCUT2D eigenvalue weighted by molar-refractivity contribution is -0.130. The number of carbonyl (C=O) groups is 2. The van der Waals surface area contributed by atoms with E-state index in [9.17, 15) is 14.7 Å². The molecule has 1 amide bonds. The number of aliphatic hydroxyl groups is 1. The number of methoxy groups -OCH3 is 4. The van der Waals surface area contributed by atoms with E-state index in [1.54, 1.807) is 18.2 Å². The standard InChI is InChI=1S/C25H27NO7/c1-30-13-12-26-22(17-14-19(31-2)24(33-4)20(15-17)32-3)21(23(28)25(26)29)18(27)11-10-16-8-6-5-7-9-16/h5-11,14-15,22,28H,12-13H2,1-4H3. The van der Waals surface area contributed by atoms with E-state index in [1.165, 1.54) is 39.4 Å². The maximum absolute atomic E-state index is 13.2. The van der Waals surface area contributed by atoms with E-state index in [-0.39, 0.29) is 18.7 Å². The Labute approximate surface area is 192 Å². The van der Waals surface area contributed by atoms with Gasteiger partial charge in [0.05, 0.1) is 39.6 Å². The predicted octanol–water partition coefficient (Wildman–Crippen LogP) is 3.34. The van der Waals surface area contributed by atoms with E-state index in [1.807, 2.05) is 30.3 Å². The maximum atomic E-state index is 13.2. The van der Waals surface area contributed by atoms with Crippen LogP contribution in [-0.2, 0) is 14.3 Å². The Bertz CT molecular complexity index is 1050. The molecule has 0 saturated carbocycles. The number of hydrogen-bond acceptors (Lipinski definition) is 7. The van der Waals surface area contributed by atoms with Gasteiger partial charge in [0, 0.05) is 13.7 Å². The van der Waals surface area contributed by atoms with Crippen LogP contribution in [0.25, 0.3) is 6.08 Å². The van der Waals surface area contributed by atoms with Crippen molar-refractivity contribution in [1.82, 2.24) is 4.90 Å². The van der Waals surface area contributed by atoms with E-state index >= 15 is 0 Å². The van der Waals surface area contributed by atoms with Crippen molar-refractivity contribution in [1.29, 1.82) is 0 Å². The molecule has 1 heterocycles. The van der Waals surface area contributed by atoms with Gasteiger partial charge in [-0.25, -0.2) is 0 Å². The number of ether oxygens (including phenoxy) is 4. The number of carbonyl (C=O) groups excluding carboxylic acids is 2. The molecule has 2 aromatic rings. The minimum Gasteiger partial charge on any atom is -0.503 e. The second-order valence-corrected chi connectivity index (χ2v) is 7.22. The quantitative estimate of drug-likeness (QED) is 0.552. The largest absolute Gasteiger partial charge is 0.503 e. The zero-order valence-electron chi connectivity index (χ0n) is 19.0. The van der Waals surface area contributed by atoms with Crippen LogP contribution in [0, 0.1) is 0 Å². The summed E-state index contributed by atoms with van der Waals surface area (Å²) in [7, 11) is 5.95. The molecular weight excluding hydrogens is 426 g/mol. The Morgan fingerprint density at radius 3 is 2.21 bits per heavy atom. The van der Waals surface area contributed by atoms with E-state index in [0.29, 0.717) is 22.8 Å². The SMILES string of the molecule is COCCN1C(=O)C(O)=C(C(=O)C=Cc2ccccc2)C1c1cc(OC)c(OC)c(OC)c1. The smallest absolute Gasteiger partial charge is 0.290 e. The first-order valence-corrected chi connectivity index (χ1v) is 10.3. The minimum absolute atomic E-state index is 0.0300. The first kappa shape index (κ1) is 23.9. The lowest BCUT2D eigenvalue weighted by atomic mass is 9.95. The van der Waals surface area contributed by atoms with Crippen LogP contribution in [0.15, 0.2) is 59.9 Å². The molecule has 174 valence electrons. The third-order valence-corrected chi connectivity index (χ3v) is 5.33. The van der Waals surface area contributed by atoms with Crippen molar-refractivity contribution in [2.45, 2.75) is 6.04 Å². The van der Waals surface area contributed by atoms with Gasteiger partial charge in [-0.2, -0.15) is 0 Å². The van der Waals surface area contributed by atoms with Gasteiger partial charge in [-0.3, -0.25) is 9.59 Å². The molecule has 3 rings (SSSR count). The van der Waals surface area contributed by atoms with Crippen molar-refractivity contribution in [3.63, 3.8) is 0 Å². The third kappa shape index (κ3) is 4.85. The van der Waals surface area contributed by atoms with Crippen molar-refractivity contribution in [3.05, 3.63) is 71.0 Å². The highest BCUT2D eigenvalue weighted by Gasteiger charge is 2.43. The van der Waals surface area contributed by atoms with Gasteiger partial charge in [0.15, 0.2) is 23.0 Å². The van der Waals surface area contributed by atoms with Crippen LogP contribution in [-0.4, -0.2) is 63.3 Å². The van der Waals surface area contributed by atoms with Crippen LogP contribution < -0.4 is 14.2 Å². The Hall–Kier alpha value is -3.78. The van der Waals surface area contributed by atoms with Crippen LogP contribution in [0.4, 0.5) is 0 Å². The van der Waals surface area contributed by atoms with Gasteiger partial charge < -0.3 is 29.0 Å². The molecule has 1 atom stereocenters. The summed E-state index contributed by atoms with van der Waals surface area (Å²) >= 11 is 0. The van der Waals surface area contributed by atoms with E-state index < -0.39 is 23.5 Å². The Morgan fingerprint density at radius 1 is 1.03 bits per heavy atom. The molecule has 8 heteroatoms. The number of amides is 1. The molecular formula is C25H27NO7. The fourth-order valence-corrected chi connectivity index (χ4v) is 3.76. The summed E-state index contributed by atoms with van der Waals surface area (Å²) in [6.07, 6.45) is 2.98. The number of hydrogen-bond donors (Lipinski definition) is 1. The average molecular weight is 453 g/mol. The Morgan fingerprint density at radius 2 is 1.67 bits per heavy atom. The second-order valence-electron chi connectivity index (χ2n) is 7.22. The second kappa shape index (κ2) is 10.7. The number of rotatable bonds is 10. The molecule has 0 spiro atoms. The highest BCUT2D eigenvalue weighted by atomic mass is 16.5. The summed E-state index contributed by atoms with van der Waals surface area (Å²) < 4.78 is 21.4. The van der Waals surface area contributed by atoms with Crippen LogP contribution >= 0.6 is 0 Å². The zero-order chi connectivity index (χ0) is 24.0. The molecule has 0 saturated heterocycles. The molecule has 8 nitrogen and oxygen atoms in total. The van der Waals surface area contributed by atoms with E-state index in [4.69, 9.17) is 18.9 Å². The third-order valence-electron chi connectivity index (χ3n) is 5.33. The first-order chi connectivity index (χ1) is 16.0. The summed E-state index contributed by atoms with van der Waals surface area (Å²) in [5, 5.41) is 10.7. The number of aliphatic hydroxyl groups excluding tert-OH is 1. The molecule has 0 radical (unpaired) electrons. The fraction of sp³-hybridized carbons (Fsp3) is 0.280. The molecule has 2 aromatic carbocycles. The summed E-state index contributed by atoms with van der Waals surface area (Å²) in [4.78, 5) is 27.5. The van der Waals surface area contributed by atoms with Crippen molar-refractivity contribution in [3.8, 4) is 17.2 Å². The van der Waals surface area contributed by atoms with Gasteiger partial charge in [-0.05, 0) is 29.3 Å². The van der Waals surface area contributed by atoms with E-state index in [0.717, 1.165) is 5.56 Å². The van der Waals surface area contributed by atoms with Crippen molar-refractivity contribution in [2.75, 3.05) is 41.6 Å². The van der Waals surface area contributed by atoms with Gasteiger partial charge >= 0.3 is 0 Å². The highest BCUT2D eigenvalue weighted by Crippen LogP contribution is 2.45. The molecule has 0 bridgehead atoms. The summed E-state index contributed by atoms with van der Waals surface area (Å²) in [6, 6.07) is 11.7. The summed E-state index contributed by atoms with van der Waals surface area (Å²) in [5.41, 5.74) is 1.31. The molecule has 1 N–H and O–H groups in total. The Balaban J connectivity index is 2.10. The first-order valence-electron chi connectivity index (χ1n) is 10.3. The van der Waals surface area contributed by atoms with Crippen LogP contribution in [0.3, 0.4) is 0 Å².